The van der Waals surface area contributed by atoms with E-state index in [1.807, 2.05) is 4.90 Å². The fraction of sp³-hybridized carbons (Fsp3) is 0.600. The van der Waals surface area contributed by atoms with E-state index in [4.69, 9.17) is 0 Å². The summed E-state index contributed by atoms with van der Waals surface area (Å²) in [5, 5.41) is 0. The molecule has 29 heavy (non-hydrogen) atoms. The molecule has 1 aromatic rings. The number of carbonyl (C=O) groups is 2. The summed E-state index contributed by atoms with van der Waals surface area (Å²) in [6.45, 7) is 4.58. The fourth-order valence-electron chi connectivity index (χ4n) is 3.71. The lowest BCUT2D eigenvalue weighted by Crippen LogP contribution is -2.52. The van der Waals surface area contributed by atoms with Gasteiger partial charge in [-0.3, -0.25) is 14.5 Å². The van der Waals surface area contributed by atoms with Crippen molar-refractivity contribution >= 4 is 21.8 Å². The smallest absolute Gasteiger partial charge is 0.253 e. The summed E-state index contributed by atoms with van der Waals surface area (Å²) in [6, 6.07) is 6.06. The summed E-state index contributed by atoms with van der Waals surface area (Å²) in [6.07, 6.45) is 3.37. The van der Waals surface area contributed by atoms with E-state index in [1.165, 1.54) is 32.6 Å². The Bertz CT molecular complexity index is 825. The molecule has 8 nitrogen and oxygen atoms in total. The van der Waals surface area contributed by atoms with E-state index in [2.05, 4.69) is 4.90 Å². The second kappa shape index (κ2) is 9.23. The number of carbonyl (C=O) groups excluding carboxylic acids is 2. The van der Waals surface area contributed by atoms with Gasteiger partial charge >= 0.3 is 0 Å². The summed E-state index contributed by atoms with van der Waals surface area (Å²) in [4.78, 5) is 31.1. The molecule has 0 aromatic heterocycles. The van der Waals surface area contributed by atoms with Gasteiger partial charge in [-0.25, -0.2) is 12.7 Å². The van der Waals surface area contributed by atoms with Crippen molar-refractivity contribution in [1.82, 2.24) is 19.0 Å². The van der Waals surface area contributed by atoms with E-state index in [1.54, 1.807) is 17.0 Å². The Kier molecular flexibility index (Phi) is 6.92. The van der Waals surface area contributed by atoms with Crippen LogP contribution in [0, 0.1) is 0 Å². The molecule has 2 fully saturated rings. The number of piperidine rings is 1. The molecule has 2 saturated heterocycles. The first-order chi connectivity index (χ1) is 13.8. The minimum absolute atomic E-state index is 0.110. The number of piperazine rings is 1. The van der Waals surface area contributed by atoms with Gasteiger partial charge in [0.25, 0.3) is 5.91 Å². The Balaban J connectivity index is 1.52. The predicted octanol–water partition coefficient (Wildman–Crippen LogP) is 0.707. The summed E-state index contributed by atoms with van der Waals surface area (Å²) < 4.78 is 25.4. The fourth-order valence-corrected chi connectivity index (χ4v) is 4.61. The highest BCUT2D eigenvalue weighted by molar-refractivity contribution is 7.89. The highest BCUT2D eigenvalue weighted by Crippen LogP contribution is 2.16. The van der Waals surface area contributed by atoms with Crippen LogP contribution in [0.3, 0.4) is 0 Å². The highest BCUT2D eigenvalue weighted by Gasteiger charge is 2.26. The SMILES string of the molecule is CN(C)S(=O)(=O)c1ccc(C(=O)N2CCN(CC(=O)N3CCCCC3)CC2)cc1. The molecular formula is C20H30N4O4S. The van der Waals surface area contributed by atoms with Gasteiger partial charge in [0.1, 0.15) is 0 Å². The molecule has 0 unspecified atom stereocenters. The molecule has 0 N–H and O–H groups in total. The van der Waals surface area contributed by atoms with Gasteiger partial charge in [0.2, 0.25) is 15.9 Å². The van der Waals surface area contributed by atoms with Crippen LogP contribution in [0.1, 0.15) is 29.6 Å². The van der Waals surface area contributed by atoms with Crippen LogP contribution < -0.4 is 0 Å². The van der Waals surface area contributed by atoms with Crippen molar-refractivity contribution < 1.29 is 18.0 Å². The number of hydrogen-bond acceptors (Lipinski definition) is 5. The summed E-state index contributed by atoms with van der Waals surface area (Å²) in [5.74, 6) is 0.0722. The van der Waals surface area contributed by atoms with Crippen LogP contribution >= 0.6 is 0 Å². The maximum absolute atomic E-state index is 12.7. The van der Waals surface area contributed by atoms with Gasteiger partial charge in [0.15, 0.2) is 0 Å². The Morgan fingerprint density at radius 3 is 2.00 bits per heavy atom. The van der Waals surface area contributed by atoms with Gasteiger partial charge in [-0.1, -0.05) is 0 Å². The van der Waals surface area contributed by atoms with E-state index < -0.39 is 10.0 Å². The summed E-state index contributed by atoms with van der Waals surface area (Å²) in [5.41, 5.74) is 0.473. The molecule has 160 valence electrons. The average molecular weight is 423 g/mol. The van der Waals surface area contributed by atoms with E-state index in [-0.39, 0.29) is 16.7 Å². The highest BCUT2D eigenvalue weighted by atomic mass is 32.2. The van der Waals surface area contributed by atoms with E-state index in [0.717, 1.165) is 30.2 Å². The first-order valence-electron chi connectivity index (χ1n) is 10.1. The maximum Gasteiger partial charge on any atom is 0.253 e. The van der Waals surface area contributed by atoms with Gasteiger partial charge in [-0.2, -0.15) is 0 Å². The van der Waals surface area contributed by atoms with Crippen molar-refractivity contribution in [3.05, 3.63) is 29.8 Å². The molecule has 3 rings (SSSR count). The third-order valence-electron chi connectivity index (χ3n) is 5.61. The van der Waals surface area contributed by atoms with Gasteiger partial charge in [-0.15, -0.1) is 0 Å². The van der Waals surface area contributed by atoms with Crippen LogP contribution in [0.15, 0.2) is 29.2 Å². The average Bonchev–Trinajstić information content (AvgIpc) is 2.74. The second-order valence-corrected chi connectivity index (χ2v) is 9.97. The summed E-state index contributed by atoms with van der Waals surface area (Å²) in [7, 11) is -0.554. The largest absolute Gasteiger partial charge is 0.342 e. The molecule has 0 bridgehead atoms. The van der Waals surface area contributed by atoms with Crippen LogP contribution in [0.25, 0.3) is 0 Å². The topological polar surface area (TPSA) is 81.2 Å². The van der Waals surface area contributed by atoms with Gasteiger partial charge in [0, 0.05) is 58.9 Å². The Morgan fingerprint density at radius 1 is 0.862 bits per heavy atom. The predicted molar refractivity (Wildman–Crippen MR) is 110 cm³/mol. The Morgan fingerprint density at radius 2 is 1.45 bits per heavy atom. The third-order valence-corrected chi connectivity index (χ3v) is 7.44. The lowest BCUT2D eigenvalue weighted by Gasteiger charge is -2.36. The molecular weight excluding hydrogens is 392 g/mol. The van der Waals surface area contributed by atoms with Crippen molar-refractivity contribution in [2.45, 2.75) is 24.2 Å². The first-order valence-corrected chi connectivity index (χ1v) is 11.5. The standard InChI is InChI=1S/C20H30N4O4S/c1-21(2)29(27,28)18-8-6-17(7-9-18)20(26)24-14-12-22(13-15-24)16-19(25)23-10-4-3-5-11-23/h6-9H,3-5,10-16H2,1-2H3. The lowest BCUT2D eigenvalue weighted by molar-refractivity contribution is -0.133. The zero-order valence-corrected chi connectivity index (χ0v) is 18.0. The number of hydrogen-bond donors (Lipinski definition) is 0. The summed E-state index contributed by atoms with van der Waals surface area (Å²) >= 11 is 0. The minimum atomic E-state index is -3.51. The number of nitrogens with zero attached hydrogens (tertiary/aromatic N) is 4. The number of rotatable bonds is 5. The van der Waals surface area contributed by atoms with Crippen molar-refractivity contribution in [3.8, 4) is 0 Å². The van der Waals surface area contributed by atoms with E-state index in [9.17, 15) is 18.0 Å². The number of benzene rings is 1. The minimum Gasteiger partial charge on any atom is -0.342 e. The normalized spacial score (nSPS) is 18.9. The number of likely N-dealkylation sites (tertiary alicyclic amines) is 1. The van der Waals surface area contributed by atoms with Crippen LogP contribution in [0.5, 0.6) is 0 Å². The van der Waals surface area contributed by atoms with Crippen molar-refractivity contribution in [2.24, 2.45) is 0 Å². The molecule has 0 saturated carbocycles. The monoisotopic (exact) mass is 422 g/mol. The maximum atomic E-state index is 12.7. The molecule has 2 aliphatic heterocycles. The van der Waals surface area contributed by atoms with Crippen molar-refractivity contribution in [1.29, 1.82) is 0 Å². The van der Waals surface area contributed by atoms with E-state index in [0.29, 0.717) is 38.3 Å². The molecule has 2 aliphatic rings. The second-order valence-electron chi connectivity index (χ2n) is 7.82. The van der Waals surface area contributed by atoms with E-state index >= 15 is 0 Å². The van der Waals surface area contributed by atoms with Crippen LogP contribution in [0.2, 0.25) is 0 Å². The van der Waals surface area contributed by atoms with Crippen LogP contribution in [0.4, 0.5) is 0 Å². The van der Waals surface area contributed by atoms with Gasteiger partial charge in [0.05, 0.1) is 11.4 Å². The molecule has 2 heterocycles. The van der Waals surface area contributed by atoms with Crippen LogP contribution in [-0.2, 0) is 14.8 Å². The van der Waals surface area contributed by atoms with Gasteiger partial charge < -0.3 is 9.80 Å². The molecule has 0 spiro atoms. The van der Waals surface area contributed by atoms with Crippen molar-refractivity contribution in [3.63, 3.8) is 0 Å². The number of sulfonamides is 1. The first kappa shape index (κ1) is 21.7. The lowest BCUT2D eigenvalue weighted by atomic mass is 10.1. The molecule has 2 amide bonds. The molecule has 0 atom stereocenters. The Labute approximate surface area is 173 Å². The van der Waals surface area contributed by atoms with Crippen LogP contribution in [-0.4, -0.2) is 99.1 Å². The Hall–Kier alpha value is -1.97. The van der Waals surface area contributed by atoms with Crippen molar-refractivity contribution in [2.75, 3.05) is 59.9 Å². The number of amides is 2. The zero-order chi connectivity index (χ0) is 21.0. The van der Waals surface area contributed by atoms with Gasteiger partial charge in [-0.05, 0) is 43.5 Å². The molecule has 0 radical (unpaired) electrons. The molecule has 1 aromatic carbocycles. The third kappa shape index (κ3) is 5.15. The zero-order valence-electron chi connectivity index (χ0n) is 17.2. The molecule has 0 aliphatic carbocycles. The quantitative estimate of drug-likeness (QED) is 0.698. The molecule has 9 heteroatoms.